The van der Waals surface area contributed by atoms with Gasteiger partial charge in [-0.1, -0.05) is 12.2 Å². The lowest BCUT2D eigenvalue weighted by molar-refractivity contribution is 0.0470. The molecule has 0 saturated carbocycles. The van der Waals surface area contributed by atoms with Crippen molar-refractivity contribution in [2.75, 3.05) is 56.6 Å². The Labute approximate surface area is 165 Å². The van der Waals surface area contributed by atoms with Gasteiger partial charge in [0.05, 0.1) is 5.69 Å². The highest BCUT2D eigenvalue weighted by Gasteiger charge is 2.25. The van der Waals surface area contributed by atoms with Crippen molar-refractivity contribution in [1.82, 2.24) is 4.90 Å². The number of fused-ring (bicyclic) bond motifs is 1. The molecule has 1 aromatic carbocycles. The quantitative estimate of drug-likeness (QED) is 0.748. The molecule has 0 bridgehead atoms. The summed E-state index contributed by atoms with van der Waals surface area (Å²) >= 11 is 3.55. The first-order valence-electron chi connectivity index (χ1n) is 10.0. The number of piperidine rings is 1. The Morgan fingerprint density at radius 2 is 1.77 bits per heavy atom. The summed E-state index contributed by atoms with van der Waals surface area (Å²) in [6.45, 7) is 7.84. The van der Waals surface area contributed by atoms with Crippen molar-refractivity contribution < 1.29 is 4.74 Å². The lowest BCUT2D eigenvalue weighted by atomic mass is 9.93. The fourth-order valence-corrected chi connectivity index (χ4v) is 4.92. The zero-order valence-corrected chi connectivity index (χ0v) is 17.1. The topological polar surface area (TPSA) is 41.7 Å². The van der Waals surface area contributed by atoms with E-state index in [4.69, 9.17) is 10.5 Å². The molecule has 26 heavy (non-hydrogen) atoms. The van der Waals surface area contributed by atoms with Gasteiger partial charge in [-0.15, -0.1) is 0 Å². The molecule has 142 valence electrons. The number of rotatable bonds is 4. The number of halogens is 1. The van der Waals surface area contributed by atoms with Gasteiger partial charge in [-0.3, -0.25) is 0 Å². The van der Waals surface area contributed by atoms with Crippen LogP contribution in [0.5, 0.6) is 0 Å². The molecular weight excluding hydrogens is 390 g/mol. The Balaban J connectivity index is 1.31. The first-order chi connectivity index (χ1) is 12.7. The Bertz CT molecular complexity index is 649. The van der Waals surface area contributed by atoms with E-state index in [1.807, 2.05) is 0 Å². The molecule has 0 aromatic heterocycles. The van der Waals surface area contributed by atoms with Crippen LogP contribution in [0.1, 0.15) is 31.2 Å². The maximum atomic E-state index is 6.27. The van der Waals surface area contributed by atoms with Gasteiger partial charge in [0.1, 0.15) is 0 Å². The second-order valence-electron chi connectivity index (χ2n) is 8.00. The van der Waals surface area contributed by atoms with E-state index in [1.165, 1.54) is 56.6 Å². The zero-order valence-electron chi connectivity index (χ0n) is 15.5. The van der Waals surface area contributed by atoms with E-state index in [-0.39, 0.29) is 0 Å². The molecule has 4 rings (SSSR count). The van der Waals surface area contributed by atoms with Gasteiger partial charge in [0.15, 0.2) is 0 Å². The fourth-order valence-electron chi connectivity index (χ4n) is 4.58. The van der Waals surface area contributed by atoms with Crippen LogP contribution in [0.4, 0.5) is 11.4 Å². The molecule has 4 nitrogen and oxygen atoms in total. The third-order valence-electron chi connectivity index (χ3n) is 6.20. The van der Waals surface area contributed by atoms with Crippen molar-refractivity contribution in [3.8, 4) is 0 Å². The van der Waals surface area contributed by atoms with Gasteiger partial charge in [0, 0.05) is 48.6 Å². The monoisotopic (exact) mass is 419 g/mol. The molecule has 0 aliphatic carbocycles. The van der Waals surface area contributed by atoms with Gasteiger partial charge in [0.2, 0.25) is 0 Å². The van der Waals surface area contributed by atoms with Gasteiger partial charge in [-0.25, -0.2) is 0 Å². The van der Waals surface area contributed by atoms with Crippen LogP contribution >= 0.6 is 15.9 Å². The maximum Gasteiger partial charge on any atom is 0.0552 e. The Morgan fingerprint density at radius 1 is 1.04 bits per heavy atom. The number of benzene rings is 1. The van der Waals surface area contributed by atoms with Gasteiger partial charge in [-0.2, -0.15) is 0 Å². The van der Waals surface area contributed by atoms with Crippen LogP contribution < -0.4 is 10.6 Å². The van der Waals surface area contributed by atoms with Crippen molar-refractivity contribution in [3.05, 3.63) is 28.2 Å². The van der Waals surface area contributed by atoms with E-state index >= 15 is 0 Å². The number of ether oxygens (including phenoxy) is 1. The minimum atomic E-state index is 0.783. The van der Waals surface area contributed by atoms with Crippen molar-refractivity contribution in [2.45, 2.75) is 25.7 Å². The minimum absolute atomic E-state index is 0.783. The van der Waals surface area contributed by atoms with Crippen LogP contribution in [0.2, 0.25) is 0 Å². The number of nitrogens with zero attached hydrogens (tertiary/aromatic N) is 2. The van der Waals surface area contributed by atoms with Crippen LogP contribution in [0.15, 0.2) is 22.7 Å². The first kappa shape index (κ1) is 18.3. The summed E-state index contributed by atoms with van der Waals surface area (Å²) in [7, 11) is 0. The molecule has 0 amide bonds. The summed E-state index contributed by atoms with van der Waals surface area (Å²) in [6.07, 6.45) is 9.52. The van der Waals surface area contributed by atoms with Crippen LogP contribution in [0.3, 0.4) is 0 Å². The summed E-state index contributed by atoms with van der Waals surface area (Å²) in [5.41, 5.74) is 9.58. The van der Waals surface area contributed by atoms with Gasteiger partial charge in [0.25, 0.3) is 0 Å². The van der Waals surface area contributed by atoms with Gasteiger partial charge < -0.3 is 20.3 Å². The van der Waals surface area contributed by atoms with E-state index in [0.29, 0.717) is 0 Å². The number of nitrogens with two attached hydrogens (primary N) is 1. The minimum Gasteiger partial charge on any atom is -0.397 e. The first-order valence-corrected chi connectivity index (χ1v) is 10.8. The molecule has 2 N–H and O–H groups in total. The molecule has 3 aliphatic heterocycles. The van der Waals surface area contributed by atoms with E-state index in [1.54, 1.807) is 0 Å². The second-order valence-corrected chi connectivity index (χ2v) is 8.86. The van der Waals surface area contributed by atoms with Gasteiger partial charge >= 0.3 is 0 Å². The Kier molecular flexibility index (Phi) is 5.87. The maximum absolute atomic E-state index is 6.27. The highest BCUT2D eigenvalue weighted by Crippen LogP contribution is 2.36. The molecule has 0 atom stereocenters. The highest BCUT2D eigenvalue weighted by molar-refractivity contribution is 9.10. The van der Waals surface area contributed by atoms with Gasteiger partial charge in [-0.05, 0) is 78.7 Å². The highest BCUT2D eigenvalue weighted by atomic mass is 79.9. The van der Waals surface area contributed by atoms with Crippen molar-refractivity contribution in [2.24, 2.45) is 11.8 Å². The molecule has 0 unspecified atom stereocenters. The number of nitrogen functional groups attached to an aromatic ring is 1. The lowest BCUT2D eigenvalue weighted by Crippen LogP contribution is -2.41. The van der Waals surface area contributed by atoms with Crippen LogP contribution in [0, 0.1) is 11.8 Å². The largest absolute Gasteiger partial charge is 0.397 e. The van der Waals surface area contributed by atoms with E-state index in [0.717, 1.165) is 48.3 Å². The van der Waals surface area contributed by atoms with Crippen molar-refractivity contribution in [3.63, 3.8) is 0 Å². The number of likely N-dealkylation sites (tertiary alicyclic amines) is 1. The fraction of sp³-hybridized carbons (Fsp3) is 0.619. The van der Waals surface area contributed by atoms with E-state index < -0.39 is 0 Å². The molecule has 2 saturated heterocycles. The molecule has 1 aromatic rings. The average Bonchev–Trinajstić information content (AvgIpc) is 2.67. The van der Waals surface area contributed by atoms with E-state index in [9.17, 15) is 0 Å². The summed E-state index contributed by atoms with van der Waals surface area (Å²) < 4.78 is 6.48. The SMILES string of the molecule is Nc1c(Br)ccc2c1C=CCN2CC1CCN(CC2CCOCC2)CC1. The summed E-state index contributed by atoms with van der Waals surface area (Å²) in [4.78, 5) is 5.20. The second kappa shape index (κ2) is 8.32. The average molecular weight is 420 g/mol. The van der Waals surface area contributed by atoms with Crippen LogP contribution in [-0.4, -0.2) is 50.8 Å². The third-order valence-corrected chi connectivity index (χ3v) is 6.90. The number of hydrogen-bond acceptors (Lipinski definition) is 4. The predicted molar refractivity (Wildman–Crippen MR) is 113 cm³/mol. The summed E-state index contributed by atoms with van der Waals surface area (Å²) in [5.74, 6) is 1.63. The Hall–Kier alpha value is -1.04. The van der Waals surface area contributed by atoms with Crippen LogP contribution in [-0.2, 0) is 4.74 Å². The smallest absolute Gasteiger partial charge is 0.0552 e. The normalized spacial score (nSPS) is 22.6. The number of hydrogen-bond donors (Lipinski definition) is 1. The van der Waals surface area contributed by atoms with Crippen LogP contribution in [0.25, 0.3) is 6.08 Å². The molecule has 5 heteroatoms. The van der Waals surface area contributed by atoms with E-state index in [2.05, 4.69) is 50.0 Å². The summed E-state index contributed by atoms with van der Waals surface area (Å²) in [5, 5.41) is 0. The molecule has 0 radical (unpaired) electrons. The number of anilines is 2. The zero-order chi connectivity index (χ0) is 17.9. The molecule has 3 heterocycles. The van der Waals surface area contributed by atoms with Crippen molar-refractivity contribution >= 4 is 33.4 Å². The van der Waals surface area contributed by atoms with Crippen molar-refractivity contribution in [1.29, 1.82) is 0 Å². The summed E-state index contributed by atoms with van der Waals surface area (Å²) in [6, 6.07) is 4.29. The third kappa shape index (κ3) is 4.10. The standard InChI is InChI=1S/C21H30BrN3O/c22-19-3-4-20-18(21(19)23)2-1-9-25(20)15-16-5-10-24(11-6-16)14-17-7-12-26-13-8-17/h1-4,16-17H,5-15,23H2. The predicted octanol–water partition coefficient (Wildman–Crippen LogP) is 4.00. The molecule has 2 fully saturated rings. The molecular formula is C21H30BrN3O. The lowest BCUT2D eigenvalue weighted by Gasteiger charge is -2.38. The Morgan fingerprint density at radius 3 is 2.54 bits per heavy atom. The molecule has 3 aliphatic rings. The molecule has 0 spiro atoms.